The van der Waals surface area contributed by atoms with Gasteiger partial charge in [0.15, 0.2) is 0 Å². The molecule has 0 heterocycles. The van der Waals surface area contributed by atoms with Crippen molar-refractivity contribution >= 4 is 5.91 Å². The zero-order valence-electron chi connectivity index (χ0n) is 11.2. The summed E-state index contributed by atoms with van der Waals surface area (Å²) in [6.07, 6.45) is 2.66. The number of terminal acetylenes is 1. The minimum atomic E-state index is -4.74. The van der Waals surface area contributed by atoms with Gasteiger partial charge in [0.2, 0.25) is 0 Å². The number of hydrogen-bond acceptors (Lipinski definition) is 2. The third-order valence-corrected chi connectivity index (χ3v) is 3.08. The second kappa shape index (κ2) is 6.08. The van der Waals surface area contributed by atoms with Crippen LogP contribution in [-0.2, 0) is 0 Å². The van der Waals surface area contributed by atoms with Crippen molar-refractivity contribution < 1.29 is 22.7 Å². The number of ether oxygens (including phenoxy) is 1. The van der Waals surface area contributed by atoms with Gasteiger partial charge in [-0.25, -0.2) is 0 Å². The molecule has 21 heavy (non-hydrogen) atoms. The topological polar surface area (TPSA) is 29.5 Å². The predicted molar refractivity (Wildman–Crippen MR) is 70.6 cm³/mol. The molecule has 0 aromatic heterocycles. The molecule has 0 saturated heterocycles. The first-order valence-corrected chi connectivity index (χ1v) is 6.47. The molecular weight excluding hydrogens is 283 g/mol. The van der Waals surface area contributed by atoms with E-state index >= 15 is 0 Å². The van der Waals surface area contributed by atoms with Gasteiger partial charge in [-0.2, -0.15) is 0 Å². The van der Waals surface area contributed by atoms with Crippen LogP contribution >= 0.6 is 0 Å². The first-order chi connectivity index (χ1) is 9.89. The fourth-order valence-electron chi connectivity index (χ4n) is 1.92. The smallest absolute Gasteiger partial charge is 0.406 e. The molecule has 0 bridgehead atoms. The molecule has 0 unspecified atom stereocenters. The maximum absolute atomic E-state index is 12.3. The van der Waals surface area contributed by atoms with E-state index in [1.54, 1.807) is 0 Å². The van der Waals surface area contributed by atoms with Gasteiger partial charge in [0.25, 0.3) is 5.91 Å². The van der Waals surface area contributed by atoms with Crippen molar-refractivity contribution in [2.75, 3.05) is 13.1 Å². The summed E-state index contributed by atoms with van der Waals surface area (Å²) < 4.78 is 39.9. The average Bonchev–Trinajstić information content (AvgIpc) is 3.20. The van der Waals surface area contributed by atoms with Crippen LogP contribution in [-0.4, -0.2) is 30.3 Å². The highest BCUT2D eigenvalue weighted by molar-refractivity contribution is 5.94. The van der Waals surface area contributed by atoms with Crippen molar-refractivity contribution in [3.63, 3.8) is 0 Å². The molecule has 1 aromatic carbocycles. The van der Waals surface area contributed by atoms with Crippen molar-refractivity contribution in [1.29, 1.82) is 0 Å². The SMILES string of the molecule is C#CCN(CC1CC1)C(=O)c1ccc(OC(F)(F)F)cc1. The lowest BCUT2D eigenvalue weighted by Gasteiger charge is -2.20. The monoisotopic (exact) mass is 297 g/mol. The number of carbonyl (C=O) groups excluding carboxylic acids is 1. The lowest BCUT2D eigenvalue weighted by molar-refractivity contribution is -0.274. The maximum atomic E-state index is 12.3. The number of rotatable bonds is 5. The molecule has 0 atom stereocenters. The summed E-state index contributed by atoms with van der Waals surface area (Å²) in [5, 5.41) is 0. The normalized spacial score (nSPS) is 14.4. The zero-order valence-corrected chi connectivity index (χ0v) is 11.2. The third-order valence-electron chi connectivity index (χ3n) is 3.08. The molecule has 2 rings (SSSR count). The van der Waals surface area contributed by atoms with Crippen molar-refractivity contribution in [2.45, 2.75) is 19.2 Å². The number of benzene rings is 1. The molecule has 1 fully saturated rings. The van der Waals surface area contributed by atoms with E-state index in [0.29, 0.717) is 18.0 Å². The van der Waals surface area contributed by atoms with Crippen LogP contribution in [0.25, 0.3) is 0 Å². The summed E-state index contributed by atoms with van der Waals surface area (Å²) in [6, 6.07) is 4.84. The van der Waals surface area contributed by atoms with Crippen molar-refractivity contribution in [3.8, 4) is 18.1 Å². The van der Waals surface area contributed by atoms with Gasteiger partial charge in [0.05, 0.1) is 6.54 Å². The molecule has 1 aromatic rings. The molecule has 3 nitrogen and oxygen atoms in total. The first kappa shape index (κ1) is 15.2. The van der Waals surface area contributed by atoms with E-state index in [1.165, 1.54) is 17.0 Å². The Morgan fingerprint density at radius 2 is 1.95 bits per heavy atom. The molecule has 0 radical (unpaired) electrons. The number of carbonyl (C=O) groups is 1. The minimum Gasteiger partial charge on any atom is -0.406 e. The Morgan fingerprint density at radius 3 is 2.43 bits per heavy atom. The second-order valence-corrected chi connectivity index (χ2v) is 4.91. The molecule has 112 valence electrons. The van der Waals surface area contributed by atoms with E-state index < -0.39 is 6.36 Å². The summed E-state index contributed by atoms with van der Waals surface area (Å²) in [6.45, 7) is 0.778. The Balaban J connectivity index is 2.05. The van der Waals surface area contributed by atoms with Crippen molar-refractivity contribution in [1.82, 2.24) is 4.90 Å². The quantitative estimate of drug-likeness (QED) is 0.782. The Bertz CT molecular complexity index is 542. The number of nitrogens with zero attached hydrogens (tertiary/aromatic N) is 1. The van der Waals surface area contributed by atoms with E-state index in [4.69, 9.17) is 6.42 Å². The highest BCUT2D eigenvalue weighted by Crippen LogP contribution is 2.30. The molecule has 1 aliphatic carbocycles. The molecule has 6 heteroatoms. The molecule has 0 aliphatic heterocycles. The lowest BCUT2D eigenvalue weighted by atomic mass is 10.2. The van der Waals surface area contributed by atoms with Crippen molar-refractivity contribution in [3.05, 3.63) is 29.8 Å². The van der Waals surface area contributed by atoms with Gasteiger partial charge >= 0.3 is 6.36 Å². The standard InChI is InChI=1S/C15H14F3NO2/c1-2-9-19(10-11-3-4-11)14(20)12-5-7-13(8-6-12)21-15(16,17)18/h1,5-8,11H,3-4,9-10H2. The first-order valence-electron chi connectivity index (χ1n) is 6.47. The van der Waals surface area contributed by atoms with Gasteiger partial charge in [0, 0.05) is 12.1 Å². The zero-order chi connectivity index (χ0) is 15.5. The number of alkyl halides is 3. The predicted octanol–water partition coefficient (Wildman–Crippen LogP) is 3.07. The van der Waals surface area contributed by atoms with E-state index in [1.807, 2.05) is 0 Å². The van der Waals surface area contributed by atoms with E-state index in [-0.39, 0.29) is 18.2 Å². The molecule has 1 saturated carbocycles. The highest BCUT2D eigenvalue weighted by atomic mass is 19.4. The number of hydrogen-bond donors (Lipinski definition) is 0. The summed E-state index contributed by atoms with van der Waals surface area (Å²) >= 11 is 0. The van der Waals surface area contributed by atoms with Crippen LogP contribution in [0.4, 0.5) is 13.2 Å². The van der Waals surface area contributed by atoms with Crippen LogP contribution in [0.5, 0.6) is 5.75 Å². The molecular formula is C15H14F3NO2. The Labute approximate surface area is 120 Å². The van der Waals surface area contributed by atoms with Crippen LogP contribution in [0.2, 0.25) is 0 Å². The van der Waals surface area contributed by atoms with Gasteiger partial charge in [-0.3, -0.25) is 4.79 Å². The van der Waals surface area contributed by atoms with Crippen LogP contribution < -0.4 is 4.74 Å². The molecule has 1 aliphatic rings. The van der Waals surface area contributed by atoms with Crippen molar-refractivity contribution in [2.24, 2.45) is 5.92 Å². The average molecular weight is 297 g/mol. The largest absolute Gasteiger partial charge is 0.573 e. The van der Waals surface area contributed by atoms with Gasteiger partial charge in [-0.15, -0.1) is 19.6 Å². The fraction of sp³-hybridized carbons (Fsp3) is 0.400. The number of halogens is 3. The second-order valence-electron chi connectivity index (χ2n) is 4.91. The summed E-state index contributed by atoms with van der Waals surface area (Å²) in [7, 11) is 0. The van der Waals surface area contributed by atoms with E-state index in [0.717, 1.165) is 25.0 Å². The van der Waals surface area contributed by atoms with Gasteiger partial charge < -0.3 is 9.64 Å². The van der Waals surface area contributed by atoms with Gasteiger partial charge in [0.1, 0.15) is 5.75 Å². The fourth-order valence-corrected chi connectivity index (χ4v) is 1.92. The minimum absolute atomic E-state index is 0.191. The summed E-state index contributed by atoms with van der Waals surface area (Å²) in [4.78, 5) is 13.8. The molecule has 0 spiro atoms. The summed E-state index contributed by atoms with van der Waals surface area (Å²) in [5.41, 5.74) is 0.292. The molecule has 0 N–H and O–H groups in total. The van der Waals surface area contributed by atoms with Crippen LogP contribution in [0.15, 0.2) is 24.3 Å². The Kier molecular flexibility index (Phi) is 4.41. The van der Waals surface area contributed by atoms with E-state index in [9.17, 15) is 18.0 Å². The van der Waals surface area contributed by atoms with Gasteiger partial charge in [-0.1, -0.05) is 5.92 Å². The maximum Gasteiger partial charge on any atom is 0.573 e. The van der Waals surface area contributed by atoms with E-state index in [2.05, 4.69) is 10.7 Å². The highest BCUT2D eigenvalue weighted by Gasteiger charge is 2.31. The van der Waals surface area contributed by atoms with Gasteiger partial charge in [-0.05, 0) is 43.0 Å². The molecule has 1 amide bonds. The van der Waals surface area contributed by atoms with Crippen LogP contribution in [0.1, 0.15) is 23.2 Å². The third kappa shape index (κ3) is 4.71. The van der Waals surface area contributed by atoms with Crippen LogP contribution in [0.3, 0.4) is 0 Å². The summed E-state index contributed by atoms with van der Waals surface area (Å²) in [5.74, 6) is 2.27. The Morgan fingerprint density at radius 1 is 1.33 bits per heavy atom. The van der Waals surface area contributed by atoms with Crippen LogP contribution in [0, 0.1) is 18.3 Å². The lowest BCUT2D eigenvalue weighted by Crippen LogP contribution is -2.33. The Hall–Kier alpha value is -2.16. The number of amides is 1.